The second-order valence-electron chi connectivity index (χ2n) is 7.25. The van der Waals surface area contributed by atoms with Crippen LogP contribution in [0.3, 0.4) is 0 Å². The molecule has 2 aromatic carbocycles. The summed E-state index contributed by atoms with van der Waals surface area (Å²) in [7, 11) is 0. The standard InChI is InChI=1S/C21H29ClN2/c1-5-16-8-11-19(22)20(18(16)12-13-23)24-14-15-6-9-17(10-7-15)21(2,3)4/h6-11,24H,5,12-14,23H2,1-4H3. The van der Waals surface area contributed by atoms with Crippen LogP contribution in [0.4, 0.5) is 5.69 Å². The van der Waals surface area contributed by atoms with Gasteiger partial charge >= 0.3 is 0 Å². The summed E-state index contributed by atoms with van der Waals surface area (Å²) in [4.78, 5) is 0. The van der Waals surface area contributed by atoms with Crippen molar-refractivity contribution in [2.45, 2.75) is 52.5 Å². The van der Waals surface area contributed by atoms with Crippen LogP contribution in [0, 0.1) is 0 Å². The van der Waals surface area contributed by atoms with Crippen LogP contribution in [-0.2, 0) is 24.8 Å². The number of benzene rings is 2. The largest absolute Gasteiger partial charge is 0.380 e. The predicted octanol–water partition coefficient (Wildman–Crippen LogP) is 5.31. The quantitative estimate of drug-likeness (QED) is 0.744. The first kappa shape index (κ1) is 18.8. The summed E-state index contributed by atoms with van der Waals surface area (Å²) >= 11 is 6.44. The summed E-state index contributed by atoms with van der Waals surface area (Å²) in [6.45, 7) is 10.2. The van der Waals surface area contributed by atoms with Gasteiger partial charge in [0, 0.05) is 6.54 Å². The topological polar surface area (TPSA) is 38.0 Å². The number of halogens is 1. The Labute approximate surface area is 151 Å². The molecule has 0 radical (unpaired) electrons. The number of aryl methyl sites for hydroxylation is 1. The van der Waals surface area contributed by atoms with Crippen molar-refractivity contribution in [3.63, 3.8) is 0 Å². The van der Waals surface area contributed by atoms with E-state index >= 15 is 0 Å². The van der Waals surface area contributed by atoms with E-state index in [4.69, 9.17) is 17.3 Å². The summed E-state index contributed by atoms with van der Waals surface area (Å²) in [5.41, 5.74) is 12.2. The lowest BCUT2D eigenvalue weighted by atomic mass is 9.87. The van der Waals surface area contributed by atoms with Gasteiger partial charge in [-0.3, -0.25) is 0 Å². The van der Waals surface area contributed by atoms with Gasteiger partial charge in [-0.15, -0.1) is 0 Å². The third-order valence-electron chi connectivity index (χ3n) is 4.42. The fourth-order valence-electron chi connectivity index (χ4n) is 2.93. The molecule has 24 heavy (non-hydrogen) atoms. The van der Waals surface area contributed by atoms with Crippen LogP contribution in [0.25, 0.3) is 0 Å². The Hall–Kier alpha value is -1.51. The molecule has 0 atom stereocenters. The van der Waals surface area contributed by atoms with Crippen LogP contribution >= 0.6 is 11.6 Å². The zero-order chi connectivity index (χ0) is 17.7. The fraction of sp³-hybridized carbons (Fsp3) is 0.429. The van der Waals surface area contributed by atoms with Crippen molar-refractivity contribution < 1.29 is 0 Å². The molecular formula is C21H29ClN2. The Bertz CT molecular complexity index is 669. The van der Waals surface area contributed by atoms with Gasteiger partial charge in [0.2, 0.25) is 0 Å². The van der Waals surface area contributed by atoms with Gasteiger partial charge in [-0.2, -0.15) is 0 Å². The minimum Gasteiger partial charge on any atom is -0.380 e. The Morgan fingerprint density at radius 3 is 2.25 bits per heavy atom. The maximum absolute atomic E-state index is 6.44. The number of nitrogens with one attached hydrogen (secondary N) is 1. The molecular weight excluding hydrogens is 316 g/mol. The molecule has 2 rings (SSSR count). The van der Waals surface area contributed by atoms with Crippen molar-refractivity contribution in [1.29, 1.82) is 0 Å². The molecule has 0 saturated carbocycles. The molecule has 0 saturated heterocycles. The second-order valence-corrected chi connectivity index (χ2v) is 7.66. The second kappa shape index (κ2) is 8.04. The van der Waals surface area contributed by atoms with Gasteiger partial charge in [-0.25, -0.2) is 0 Å². The summed E-state index contributed by atoms with van der Waals surface area (Å²) < 4.78 is 0. The SMILES string of the molecule is CCc1ccc(Cl)c(NCc2ccc(C(C)(C)C)cc2)c1CCN. The van der Waals surface area contributed by atoms with Gasteiger partial charge in [0.1, 0.15) is 0 Å². The smallest absolute Gasteiger partial charge is 0.0640 e. The maximum atomic E-state index is 6.44. The summed E-state index contributed by atoms with van der Waals surface area (Å²) in [5, 5.41) is 4.29. The molecule has 0 aliphatic rings. The van der Waals surface area contributed by atoms with E-state index in [2.05, 4.69) is 63.3 Å². The highest BCUT2D eigenvalue weighted by Gasteiger charge is 2.14. The molecule has 2 aromatic rings. The molecule has 0 aliphatic heterocycles. The molecule has 0 unspecified atom stereocenters. The zero-order valence-corrected chi connectivity index (χ0v) is 16.0. The third kappa shape index (κ3) is 4.52. The summed E-state index contributed by atoms with van der Waals surface area (Å²) in [6, 6.07) is 12.9. The minimum absolute atomic E-state index is 0.180. The Kier molecular flexibility index (Phi) is 6.31. The molecule has 0 aromatic heterocycles. The molecule has 0 aliphatic carbocycles. The normalized spacial score (nSPS) is 11.6. The van der Waals surface area contributed by atoms with E-state index in [-0.39, 0.29) is 5.41 Å². The lowest BCUT2D eigenvalue weighted by molar-refractivity contribution is 0.590. The van der Waals surface area contributed by atoms with Gasteiger partial charge in [0.05, 0.1) is 10.7 Å². The lowest BCUT2D eigenvalue weighted by Gasteiger charge is -2.20. The highest BCUT2D eigenvalue weighted by atomic mass is 35.5. The van der Waals surface area contributed by atoms with E-state index in [1.54, 1.807) is 0 Å². The molecule has 130 valence electrons. The highest BCUT2D eigenvalue weighted by Crippen LogP contribution is 2.30. The van der Waals surface area contributed by atoms with E-state index in [0.29, 0.717) is 6.54 Å². The van der Waals surface area contributed by atoms with E-state index in [9.17, 15) is 0 Å². The number of anilines is 1. The van der Waals surface area contributed by atoms with Gasteiger partial charge in [-0.1, -0.05) is 69.6 Å². The first-order valence-electron chi connectivity index (χ1n) is 8.70. The van der Waals surface area contributed by atoms with Crippen LogP contribution in [0.2, 0.25) is 5.02 Å². The monoisotopic (exact) mass is 344 g/mol. The first-order valence-corrected chi connectivity index (χ1v) is 9.08. The van der Waals surface area contributed by atoms with Crippen molar-refractivity contribution in [2.75, 3.05) is 11.9 Å². The molecule has 3 N–H and O–H groups in total. The van der Waals surface area contributed by atoms with Crippen LogP contribution in [-0.4, -0.2) is 6.54 Å². The van der Waals surface area contributed by atoms with Crippen molar-refractivity contribution in [1.82, 2.24) is 0 Å². The zero-order valence-electron chi connectivity index (χ0n) is 15.2. The molecule has 0 amide bonds. The Morgan fingerprint density at radius 2 is 1.71 bits per heavy atom. The summed E-state index contributed by atoms with van der Waals surface area (Å²) in [6.07, 6.45) is 1.83. The highest BCUT2D eigenvalue weighted by molar-refractivity contribution is 6.33. The van der Waals surface area contributed by atoms with Crippen molar-refractivity contribution in [3.05, 3.63) is 63.7 Å². The summed E-state index contributed by atoms with van der Waals surface area (Å²) in [5.74, 6) is 0. The minimum atomic E-state index is 0.180. The van der Waals surface area contributed by atoms with Crippen LogP contribution in [0.5, 0.6) is 0 Å². The van der Waals surface area contributed by atoms with Crippen molar-refractivity contribution in [3.8, 4) is 0 Å². The molecule has 2 nitrogen and oxygen atoms in total. The average molecular weight is 345 g/mol. The van der Waals surface area contributed by atoms with Gasteiger partial charge in [0.15, 0.2) is 0 Å². The average Bonchev–Trinajstić information content (AvgIpc) is 2.54. The number of nitrogens with two attached hydrogens (primary N) is 1. The van der Waals surface area contributed by atoms with Gasteiger partial charge in [0.25, 0.3) is 0 Å². The van der Waals surface area contributed by atoms with Gasteiger partial charge in [-0.05, 0) is 53.1 Å². The molecule has 3 heteroatoms. The molecule has 0 spiro atoms. The van der Waals surface area contributed by atoms with Crippen LogP contribution < -0.4 is 11.1 Å². The van der Waals surface area contributed by atoms with E-state index in [1.165, 1.54) is 22.3 Å². The Morgan fingerprint density at radius 1 is 1.04 bits per heavy atom. The van der Waals surface area contributed by atoms with Gasteiger partial charge < -0.3 is 11.1 Å². The van der Waals surface area contributed by atoms with E-state index < -0.39 is 0 Å². The predicted molar refractivity (Wildman–Crippen MR) is 106 cm³/mol. The molecule has 0 fully saturated rings. The maximum Gasteiger partial charge on any atom is 0.0640 e. The van der Waals surface area contributed by atoms with Crippen molar-refractivity contribution in [2.24, 2.45) is 5.73 Å². The first-order chi connectivity index (χ1) is 11.4. The number of hydrogen-bond acceptors (Lipinski definition) is 2. The lowest BCUT2D eigenvalue weighted by Crippen LogP contribution is -2.12. The third-order valence-corrected chi connectivity index (χ3v) is 4.74. The molecule has 0 bridgehead atoms. The number of hydrogen-bond donors (Lipinski definition) is 2. The fourth-order valence-corrected chi connectivity index (χ4v) is 3.17. The van der Waals surface area contributed by atoms with Crippen LogP contribution in [0.1, 0.15) is 49.9 Å². The van der Waals surface area contributed by atoms with E-state index in [0.717, 1.165) is 30.1 Å². The van der Waals surface area contributed by atoms with E-state index in [1.807, 2.05) is 6.07 Å². The molecule has 0 heterocycles. The van der Waals surface area contributed by atoms with Crippen molar-refractivity contribution >= 4 is 17.3 Å². The Balaban J connectivity index is 2.19. The van der Waals surface area contributed by atoms with Crippen LogP contribution in [0.15, 0.2) is 36.4 Å². The number of rotatable bonds is 6.